The molecule has 25 heavy (non-hydrogen) atoms. The van der Waals surface area contributed by atoms with E-state index >= 15 is 0 Å². The van der Waals surface area contributed by atoms with Gasteiger partial charge in [0, 0.05) is 26.9 Å². The van der Waals surface area contributed by atoms with Crippen molar-refractivity contribution in [2.24, 2.45) is 5.92 Å². The van der Waals surface area contributed by atoms with E-state index in [1.807, 2.05) is 30.3 Å². The molecular formula is C19H30ClN3O2. The van der Waals surface area contributed by atoms with Gasteiger partial charge in [-0.3, -0.25) is 9.59 Å². The van der Waals surface area contributed by atoms with E-state index in [0.29, 0.717) is 18.8 Å². The highest BCUT2D eigenvalue weighted by Gasteiger charge is 2.23. The standard InChI is InChI=1S/C19H29N3O2.ClH/c1-22(2)19(24)17(14-16-6-4-3-5-7-16)21-18(23)9-8-15-10-12-20-13-11-15;/h3-7,15,17,20H,8-14H2,1-2H3,(H,21,23);1H. The Morgan fingerprint density at radius 1 is 1.20 bits per heavy atom. The lowest BCUT2D eigenvalue weighted by molar-refractivity contribution is -0.134. The average molecular weight is 368 g/mol. The highest BCUT2D eigenvalue weighted by Crippen LogP contribution is 2.17. The van der Waals surface area contributed by atoms with Crippen LogP contribution in [-0.4, -0.2) is 49.9 Å². The van der Waals surface area contributed by atoms with Gasteiger partial charge in [-0.05, 0) is 43.8 Å². The second-order valence-electron chi connectivity index (χ2n) is 6.77. The van der Waals surface area contributed by atoms with Crippen molar-refractivity contribution < 1.29 is 9.59 Å². The largest absolute Gasteiger partial charge is 0.347 e. The second-order valence-corrected chi connectivity index (χ2v) is 6.77. The molecule has 1 unspecified atom stereocenters. The van der Waals surface area contributed by atoms with Crippen LogP contribution in [0.3, 0.4) is 0 Å². The molecule has 140 valence electrons. The maximum atomic E-state index is 12.4. The molecule has 1 fully saturated rings. The molecule has 6 heteroatoms. The molecule has 2 N–H and O–H groups in total. The van der Waals surface area contributed by atoms with Crippen molar-refractivity contribution in [3.63, 3.8) is 0 Å². The van der Waals surface area contributed by atoms with Crippen molar-refractivity contribution in [1.82, 2.24) is 15.5 Å². The molecule has 1 aromatic carbocycles. The minimum atomic E-state index is -0.497. The molecule has 2 amide bonds. The van der Waals surface area contributed by atoms with E-state index in [2.05, 4.69) is 10.6 Å². The molecule has 2 rings (SSSR count). The van der Waals surface area contributed by atoms with Gasteiger partial charge < -0.3 is 15.5 Å². The summed E-state index contributed by atoms with van der Waals surface area (Å²) in [4.78, 5) is 26.2. The molecule has 1 atom stereocenters. The van der Waals surface area contributed by atoms with Gasteiger partial charge in [0.15, 0.2) is 0 Å². The second kappa shape index (κ2) is 11.1. The van der Waals surface area contributed by atoms with Crippen LogP contribution < -0.4 is 10.6 Å². The number of benzene rings is 1. The summed E-state index contributed by atoms with van der Waals surface area (Å²) in [7, 11) is 3.45. The van der Waals surface area contributed by atoms with Crippen molar-refractivity contribution in [1.29, 1.82) is 0 Å². The van der Waals surface area contributed by atoms with Gasteiger partial charge in [-0.15, -0.1) is 12.4 Å². The van der Waals surface area contributed by atoms with Gasteiger partial charge >= 0.3 is 0 Å². The fourth-order valence-corrected chi connectivity index (χ4v) is 3.13. The molecule has 0 aromatic heterocycles. The van der Waals surface area contributed by atoms with Crippen LogP contribution in [0.25, 0.3) is 0 Å². The minimum Gasteiger partial charge on any atom is -0.347 e. The summed E-state index contributed by atoms with van der Waals surface area (Å²) in [6, 6.07) is 9.32. The van der Waals surface area contributed by atoms with Gasteiger partial charge in [-0.1, -0.05) is 30.3 Å². The first-order valence-electron chi connectivity index (χ1n) is 8.81. The van der Waals surface area contributed by atoms with Crippen molar-refractivity contribution in [3.8, 4) is 0 Å². The zero-order valence-electron chi connectivity index (χ0n) is 15.2. The summed E-state index contributed by atoms with van der Waals surface area (Å²) in [5.74, 6) is 0.535. The first kappa shape index (κ1) is 21.5. The molecule has 0 radical (unpaired) electrons. The number of nitrogens with one attached hydrogen (secondary N) is 2. The molecule has 0 aliphatic carbocycles. The topological polar surface area (TPSA) is 61.4 Å². The monoisotopic (exact) mass is 367 g/mol. The summed E-state index contributed by atoms with van der Waals surface area (Å²) in [5, 5.41) is 6.28. The molecule has 1 aliphatic heterocycles. The Bertz CT molecular complexity index is 531. The number of hydrogen-bond acceptors (Lipinski definition) is 3. The van der Waals surface area contributed by atoms with Crippen LogP contribution in [0.15, 0.2) is 30.3 Å². The van der Waals surface area contributed by atoms with Crippen LogP contribution in [0.4, 0.5) is 0 Å². The first-order valence-corrected chi connectivity index (χ1v) is 8.81. The van der Waals surface area contributed by atoms with Gasteiger partial charge in [0.1, 0.15) is 6.04 Å². The molecule has 1 aliphatic rings. The Labute approximate surface area is 157 Å². The Morgan fingerprint density at radius 3 is 2.44 bits per heavy atom. The Kier molecular flexibility index (Phi) is 9.53. The fraction of sp³-hybridized carbons (Fsp3) is 0.579. The van der Waals surface area contributed by atoms with Crippen LogP contribution in [0.1, 0.15) is 31.2 Å². The Morgan fingerprint density at radius 2 is 1.84 bits per heavy atom. The van der Waals surface area contributed by atoms with Gasteiger partial charge in [-0.25, -0.2) is 0 Å². The zero-order chi connectivity index (χ0) is 17.4. The fourth-order valence-electron chi connectivity index (χ4n) is 3.13. The predicted octanol–water partition coefficient (Wildman–Crippen LogP) is 2.00. The SMILES string of the molecule is CN(C)C(=O)C(Cc1ccccc1)NC(=O)CCC1CCNCC1.Cl. The molecule has 0 saturated carbocycles. The van der Waals surface area contributed by atoms with E-state index in [4.69, 9.17) is 0 Å². The quantitative estimate of drug-likeness (QED) is 0.774. The summed E-state index contributed by atoms with van der Waals surface area (Å²) in [5.41, 5.74) is 1.05. The number of rotatable bonds is 7. The van der Waals surface area contributed by atoms with Gasteiger partial charge in [0.2, 0.25) is 11.8 Å². The number of likely N-dealkylation sites (N-methyl/N-ethyl adjacent to an activating group) is 1. The van der Waals surface area contributed by atoms with Gasteiger partial charge in [0.05, 0.1) is 0 Å². The maximum Gasteiger partial charge on any atom is 0.244 e. The van der Waals surface area contributed by atoms with Crippen molar-refractivity contribution in [2.75, 3.05) is 27.2 Å². The number of halogens is 1. The van der Waals surface area contributed by atoms with Crippen LogP contribution in [-0.2, 0) is 16.0 Å². The zero-order valence-corrected chi connectivity index (χ0v) is 16.0. The van der Waals surface area contributed by atoms with E-state index in [1.165, 1.54) is 0 Å². The minimum absolute atomic E-state index is 0. The number of carbonyl (C=O) groups is 2. The third-order valence-electron chi connectivity index (χ3n) is 4.60. The third-order valence-corrected chi connectivity index (χ3v) is 4.60. The Balaban J connectivity index is 0.00000312. The third kappa shape index (κ3) is 7.45. The molecule has 1 saturated heterocycles. The molecule has 5 nitrogen and oxygen atoms in total. The number of nitrogens with zero attached hydrogens (tertiary/aromatic N) is 1. The molecule has 0 spiro atoms. The van der Waals surface area contributed by atoms with E-state index in [9.17, 15) is 9.59 Å². The predicted molar refractivity (Wildman–Crippen MR) is 103 cm³/mol. The highest BCUT2D eigenvalue weighted by molar-refractivity contribution is 5.87. The number of carbonyl (C=O) groups excluding carboxylic acids is 2. The van der Waals surface area contributed by atoms with E-state index in [0.717, 1.165) is 37.9 Å². The van der Waals surface area contributed by atoms with Crippen LogP contribution in [0, 0.1) is 5.92 Å². The van der Waals surface area contributed by atoms with Gasteiger partial charge in [0.25, 0.3) is 0 Å². The van der Waals surface area contributed by atoms with Crippen LogP contribution in [0.5, 0.6) is 0 Å². The smallest absolute Gasteiger partial charge is 0.244 e. The molecule has 1 aromatic rings. The van der Waals surface area contributed by atoms with Crippen molar-refractivity contribution in [3.05, 3.63) is 35.9 Å². The normalized spacial score (nSPS) is 15.8. The number of amides is 2. The summed E-state index contributed by atoms with van der Waals surface area (Å²) >= 11 is 0. The molecular weight excluding hydrogens is 338 g/mol. The lowest BCUT2D eigenvalue weighted by Crippen LogP contribution is -2.47. The van der Waals surface area contributed by atoms with E-state index in [-0.39, 0.29) is 24.2 Å². The highest BCUT2D eigenvalue weighted by atomic mass is 35.5. The Hall–Kier alpha value is -1.59. The summed E-state index contributed by atoms with van der Waals surface area (Å²) in [6.07, 6.45) is 4.20. The molecule has 0 bridgehead atoms. The van der Waals surface area contributed by atoms with Crippen molar-refractivity contribution >= 4 is 24.2 Å². The summed E-state index contributed by atoms with van der Waals surface area (Å²) < 4.78 is 0. The average Bonchev–Trinajstić information content (AvgIpc) is 2.60. The number of hydrogen-bond donors (Lipinski definition) is 2. The molecule has 1 heterocycles. The van der Waals surface area contributed by atoms with Gasteiger partial charge in [-0.2, -0.15) is 0 Å². The first-order chi connectivity index (χ1) is 11.6. The lowest BCUT2D eigenvalue weighted by Gasteiger charge is -2.24. The van der Waals surface area contributed by atoms with E-state index < -0.39 is 6.04 Å². The number of piperidine rings is 1. The van der Waals surface area contributed by atoms with Crippen LogP contribution in [0.2, 0.25) is 0 Å². The summed E-state index contributed by atoms with van der Waals surface area (Å²) in [6.45, 7) is 2.09. The lowest BCUT2D eigenvalue weighted by atomic mass is 9.93. The maximum absolute atomic E-state index is 12.4. The van der Waals surface area contributed by atoms with Crippen LogP contribution >= 0.6 is 12.4 Å². The van der Waals surface area contributed by atoms with Crippen molar-refractivity contribution in [2.45, 2.75) is 38.1 Å². The van der Waals surface area contributed by atoms with E-state index in [1.54, 1.807) is 19.0 Å².